The molecule has 0 saturated heterocycles. The highest BCUT2D eigenvalue weighted by Gasteiger charge is 2.22. The minimum absolute atomic E-state index is 0.375. The van der Waals surface area contributed by atoms with Gasteiger partial charge >= 0.3 is 0 Å². The Labute approximate surface area is 406 Å². The molecule has 3 atom stereocenters. The van der Waals surface area contributed by atoms with Crippen molar-refractivity contribution in [3.8, 4) is 0 Å². The van der Waals surface area contributed by atoms with Crippen LogP contribution in [0.4, 0.5) is 0 Å². The van der Waals surface area contributed by atoms with Gasteiger partial charge in [-0.05, 0) is 64.2 Å². The van der Waals surface area contributed by atoms with E-state index < -0.39 is 24.2 Å². The van der Waals surface area contributed by atoms with Crippen molar-refractivity contribution in [3.05, 3.63) is 48.6 Å². The number of carbonyl (C=O) groups excluding carboxylic acids is 1. The first kappa shape index (κ1) is 63.3. The molecule has 0 aliphatic rings. The summed E-state index contributed by atoms with van der Waals surface area (Å²) >= 11 is 0. The van der Waals surface area contributed by atoms with E-state index in [0.29, 0.717) is 6.42 Å². The molecule has 0 aliphatic heterocycles. The summed E-state index contributed by atoms with van der Waals surface area (Å²) in [5, 5.41) is 33.3. The molecular weight excluding hydrogens is 799 g/mol. The van der Waals surface area contributed by atoms with Gasteiger partial charge in [-0.1, -0.05) is 287 Å². The number of aliphatic hydroxyl groups is 3. The van der Waals surface area contributed by atoms with Crippen LogP contribution < -0.4 is 5.32 Å². The predicted octanol–water partition coefficient (Wildman–Crippen LogP) is 18.0. The molecule has 0 aromatic carbocycles. The fraction of sp³-hybridized carbons (Fsp3) is 0.850. The topological polar surface area (TPSA) is 89.8 Å². The number of hydrogen-bond donors (Lipinski definition) is 4. The molecule has 0 saturated carbocycles. The number of carbonyl (C=O) groups is 1. The van der Waals surface area contributed by atoms with Crippen molar-refractivity contribution in [3.63, 3.8) is 0 Å². The number of hydrogen-bond acceptors (Lipinski definition) is 4. The van der Waals surface area contributed by atoms with Crippen LogP contribution in [-0.2, 0) is 4.79 Å². The van der Waals surface area contributed by atoms with Gasteiger partial charge < -0.3 is 20.6 Å². The molecule has 0 radical (unpaired) electrons. The first-order valence-electron chi connectivity index (χ1n) is 29.0. The van der Waals surface area contributed by atoms with Crippen LogP contribution in [-0.4, -0.2) is 46.1 Å². The summed E-state index contributed by atoms with van der Waals surface area (Å²) in [6, 6.07) is -0.816. The van der Waals surface area contributed by atoms with Gasteiger partial charge in [0, 0.05) is 0 Å². The Bertz CT molecular complexity index is 1050. The van der Waals surface area contributed by atoms with E-state index in [-0.39, 0.29) is 6.61 Å². The molecule has 1 amide bonds. The molecule has 0 aliphatic carbocycles. The van der Waals surface area contributed by atoms with E-state index in [1.54, 1.807) is 6.08 Å². The quantitative estimate of drug-likeness (QED) is 0.0361. The lowest BCUT2D eigenvalue weighted by molar-refractivity contribution is -0.131. The maximum Gasteiger partial charge on any atom is 0.249 e. The lowest BCUT2D eigenvalue weighted by Crippen LogP contribution is -2.48. The largest absolute Gasteiger partial charge is 0.394 e. The lowest BCUT2D eigenvalue weighted by Gasteiger charge is -2.21. The number of rotatable bonds is 53. The molecule has 3 unspecified atom stereocenters. The van der Waals surface area contributed by atoms with Gasteiger partial charge in [0.2, 0.25) is 5.91 Å². The van der Waals surface area contributed by atoms with E-state index in [9.17, 15) is 20.1 Å². The lowest BCUT2D eigenvalue weighted by atomic mass is 10.0. The molecule has 5 heteroatoms. The Kier molecular flexibility index (Phi) is 53.5. The van der Waals surface area contributed by atoms with Gasteiger partial charge in [0.25, 0.3) is 0 Å². The molecule has 5 nitrogen and oxygen atoms in total. The Hall–Kier alpha value is -1.69. The molecule has 0 aromatic rings. The maximum absolute atomic E-state index is 12.5. The van der Waals surface area contributed by atoms with Gasteiger partial charge in [0.15, 0.2) is 0 Å². The maximum atomic E-state index is 12.5. The number of unbranched alkanes of at least 4 members (excludes halogenated alkanes) is 39. The summed E-state index contributed by atoms with van der Waals surface area (Å²) in [6.45, 7) is 4.20. The van der Waals surface area contributed by atoms with Crippen molar-refractivity contribution in [2.24, 2.45) is 0 Å². The first-order chi connectivity index (χ1) is 32.1. The molecule has 0 aromatic heterocycles. The molecule has 0 spiro atoms. The fourth-order valence-electron chi connectivity index (χ4n) is 8.88. The van der Waals surface area contributed by atoms with Crippen LogP contribution in [0.5, 0.6) is 0 Å². The SMILES string of the molecule is CCCCCCCCCCC/C=C\C/C=C\CCCCCCCCCCCCCCCCCCC(O)C(=O)NC(CO)C(O)/C=C/CC/C=C/CCCCCCCCCCCCCCC. The van der Waals surface area contributed by atoms with Crippen molar-refractivity contribution in [1.29, 1.82) is 0 Å². The zero-order chi connectivity index (χ0) is 47.2. The Balaban J connectivity index is 3.57. The summed E-state index contributed by atoms with van der Waals surface area (Å²) in [7, 11) is 0. The van der Waals surface area contributed by atoms with E-state index in [1.165, 1.54) is 238 Å². The van der Waals surface area contributed by atoms with Gasteiger partial charge in [0.1, 0.15) is 6.10 Å². The average molecular weight is 913 g/mol. The van der Waals surface area contributed by atoms with Crippen LogP contribution in [0, 0.1) is 0 Å². The zero-order valence-corrected chi connectivity index (χ0v) is 43.6. The molecule has 0 heterocycles. The zero-order valence-electron chi connectivity index (χ0n) is 43.6. The van der Waals surface area contributed by atoms with Crippen LogP contribution in [0.1, 0.15) is 303 Å². The van der Waals surface area contributed by atoms with Crippen molar-refractivity contribution >= 4 is 5.91 Å². The number of nitrogens with one attached hydrogen (secondary N) is 1. The van der Waals surface area contributed by atoms with E-state index in [4.69, 9.17) is 0 Å². The third-order valence-corrected chi connectivity index (χ3v) is 13.4. The van der Waals surface area contributed by atoms with Gasteiger partial charge in [-0.3, -0.25) is 4.79 Å². The summed E-state index contributed by atoms with van der Waals surface area (Å²) in [5.41, 5.74) is 0. The normalized spacial score (nSPS) is 13.6. The highest BCUT2D eigenvalue weighted by Crippen LogP contribution is 2.17. The van der Waals surface area contributed by atoms with E-state index >= 15 is 0 Å². The monoisotopic (exact) mass is 912 g/mol. The second-order valence-electron chi connectivity index (χ2n) is 19.8. The molecule has 0 bridgehead atoms. The molecule has 0 rings (SSSR count). The highest BCUT2D eigenvalue weighted by molar-refractivity contribution is 5.80. The van der Waals surface area contributed by atoms with Gasteiger partial charge in [-0.15, -0.1) is 0 Å². The minimum Gasteiger partial charge on any atom is -0.394 e. The average Bonchev–Trinajstić information content (AvgIpc) is 3.31. The van der Waals surface area contributed by atoms with Crippen LogP contribution in [0.3, 0.4) is 0 Å². The third-order valence-electron chi connectivity index (χ3n) is 13.4. The van der Waals surface area contributed by atoms with Gasteiger partial charge in [-0.25, -0.2) is 0 Å². The third kappa shape index (κ3) is 50.0. The molecule has 382 valence electrons. The molecular formula is C60H113NO4. The summed E-state index contributed by atoms with van der Waals surface area (Å²) in [6.07, 6.45) is 73.4. The summed E-state index contributed by atoms with van der Waals surface area (Å²) < 4.78 is 0. The van der Waals surface area contributed by atoms with Crippen LogP contribution >= 0.6 is 0 Å². The van der Waals surface area contributed by atoms with Gasteiger partial charge in [0.05, 0.1) is 18.8 Å². The van der Waals surface area contributed by atoms with E-state index in [0.717, 1.165) is 44.9 Å². The summed E-state index contributed by atoms with van der Waals surface area (Å²) in [4.78, 5) is 12.5. The Morgan fingerprint density at radius 2 is 0.677 bits per heavy atom. The van der Waals surface area contributed by atoms with Crippen LogP contribution in [0.25, 0.3) is 0 Å². The van der Waals surface area contributed by atoms with Gasteiger partial charge in [-0.2, -0.15) is 0 Å². The number of amides is 1. The smallest absolute Gasteiger partial charge is 0.249 e. The predicted molar refractivity (Wildman–Crippen MR) is 287 cm³/mol. The second-order valence-corrected chi connectivity index (χ2v) is 19.8. The fourth-order valence-corrected chi connectivity index (χ4v) is 8.88. The second kappa shape index (κ2) is 54.9. The number of aliphatic hydroxyl groups excluding tert-OH is 3. The first-order valence-corrected chi connectivity index (χ1v) is 29.0. The molecule has 0 fully saturated rings. The summed E-state index contributed by atoms with van der Waals surface area (Å²) in [5.74, 6) is -0.510. The van der Waals surface area contributed by atoms with E-state index in [2.05, 4.69) is 55.6 Å². The highest BCUT2D eigenvalue weighted by atomic mass is 16.3. The number of allylic oxidation sites excluding steroid dienone is 7. The van der Waals surface area contributed by atoms with Crippen molar-refractivity contribution < 1.29 is 20.1 Å². The van der Waals surface area contributed by atoms with E-state index in [1.807, 2.05) is 6.08 Å². The molecule has 65 heavy (non-hydrogen) atoms. The van der Waals surface area contributed by atoms with Crippen molar-refractivity contribution in [2.45, 2.75) is 321 Å². The van der Waals surface area contributed by atoms with Crippen molar-refractivity contribution in [2.75, 3.05) is 6.61 Å². The van der Waals surface area contributed by atoms with Crippen LogP contribution in [0.15, 0.2) is 48.6 Å². The standard InChI is InChI=1S/C60H113NO4/c1-3-5-7-9-11-13-15-17-19-21-23-24-25-26-27-28-29-30-31-32-33-34-35-37-39-41-43-45-47-49-51-53-55-59(64)60(65)61-57(56-62)58(63)54-52-50-48-46-44-42-40-38-36-22-20-18-16-14-12-10-8-6-4-2/h23-24,26-27,44,46,52,54,57-59,62-64H,3-22,25,28-43,45,47-51,53,55-56H2,1-2H3,(H,61,65)/b24-23-,27-26-,46-44+,54-52+. The van der Waals surface area contributed by atoms with Crippen molar-refractivity contribution in [1.82, 2.24) is 5.32 Å². The molecule has 4 N–H and O–H groups in total. The Morgan fingerprint density at radius 3 is 1.03 bits per heavy atom. The minimum atomic E-state index is -1.11. The van der Waals surface area contributed by atoms with Crippen LogP contribution in [0.2, 0.25) is 0 Å². The Morgan fingerprint density at radius 1 is 0.385 bits per heavy atom.